The molecule has 102 valence electrons. The number of thiazole rings is 1. The Morgan fingerprint density at radius 3 is 3.05 bits per heavy atom. The molecule has 2 aromatic rings. The van der Waals surface area contributed by atoms with Crippen molar-refractivity contribution in [2.45, 2.75) is 25.4 Å². The lowest BCUT2D eigenvalue weighted by Crippen LogP contribution is -2.39. The van der Waals surface area contributed by atoms with E-state index >= 15 is 0 Å². The molecule has 0 radical (unpaired) electrons. The van der Waals surface area contributed by atoms with Gasteiger partial charge >= 0.3 is 0 Å². The second-order valence-corrected chi connectivity index (χ2v) is 6.03. The smallest absolute Gasteiger partial charge is 0.162 e. The van der Waals surface area contributed by atoms with Crippen LogP contribution < -0.4 is 5.73 Å². The van der Waals surface area contributed by atoms with Crippen molar-refractivity contribution >= 4 is 11.3 Å². The maximum atomic E-state index is 5.88. The van der Waals surface area contributed by atoms with Crippen LogP contribution in [0.3, 0.4) is 0 Å². The van der Waals surface area contributed by atoms with Gasteiger partial charge in [0.15, 0.2) is 10.8 Å². The summed E-state index contributed by atoms with van der Waals surface area (Å²) in [5.41, 5.74) is 6.97. The maximum absolute atomic E-state index is 5.88. The summed E-state index contributed by atoms with van der Waals surface area (Å²) in [5.74, 6) is 1.63. The predicted molar refractivity (Wildman–Crippen MR) is 76.8 cm³/mol. The van der Waals surface area contributed by atoms with Gasteiger partial charge in [0.25, 0.3) is 0 Å². The van der Waals surface area contributed by atoms with Crippen molar-refractivity contribution in [1.29, 1.82) is 0 Å². The van der Waals surface area contributed by atoms with Crippen LogP contribution in [0.15, 0.2) is 28.2 Å². The van der Waals surface area contributed by atoms with E-state index in [1.165, 1.54) is 12.8 Å². The van der Waals surface area contributed by atoms with Crippen LogP contribution in [0.4, 0.5) is 0 Å². The number of nitrogens with zero attached hydrogens (tertiary/aromatic N) is 2. The van der Waals surface area contributed by atoms with Crippen LogP contribution in [-0.2, 0) is 6.54 Å². The molecule has 1 atom stereocenters. The van der Waals surface area contributed by atoms with Gasteiger partial charge in [-0.3, -0.25) is 4.90 Å². The largest absolute Gasteiger partial charge is 0.462 e. The van der Waals surface area contributed by atoms with E-state index in [-0.39, 0.29) is 0 Å². The van der Waals surface area contributed by atoms with Crippen LogP contribution in [-0.4, -0.2) is 29.5 Å². The van der Waals surface area contributed by atoms with Gasteiger partial charge in [0, 0.05) is 24.5 Å². The molecule has 2 aromatic heterocycles. The summed E-state index contributed by atoms with van der Waals surface area (Å²) < 4.78 is 5.37. The first-order valence-electron chi connectivity index (χ1n) is 6.66. The zero-order valence-electron chi connectivity index (χ0n) is 11.1. The normalized spacial score (nSPS) is 17.0. The van der Waals surface area contributed by atoms with E-state index in [4.69, 9.17) is 10.2 Å². The van der Waals surface area contributed by atoms with Crippen LogP contribution >= 0.6 is 11.3 Å². The molecule has 0 aliphatic heterocycles. The highest BCUT2D eigenvalue weighted by atomic mass is 32.1. The molecular formula is C14H19N3OS. The van der Waals surface area contributed by atoms with Crippen molar-refractivity contribution in [3.8, 4) is 10.8 Å². The van der Waals surface area contributed by atoms with Crippen LogP contribution in [0.1, 0.15) is 18.5 Å². The van der Waals surface area contributed by atoms with Gasteiger partial charge in [0.1, 0.15) is 0 Å². The lowest BCUT2D eigenvalue weighted by Gasteiger charge is -2.26. The molecule has 1 unspecified atom stereocenters. The Hall–Kier alpha value is -1.17. The molecule has 1 aliphatic carbocycles. The highest BCUT2D eigenvalue weighted by Gasteiger charge is 2.32. The summed E-state index contributed by atoms with van der Waals surface area (Å²) in [6.45, 7) is 1.59. The third kappa shape index (κ3) is 2.88. The Morgan fingerprint density at radius 2 is 2.42 bits per heavy atom. The van der Waals surface area contributed by atoms with Gasteiger partial charge in [0.05, 0.1) is 12.0 Å². The summed E-state index contributed by atoms with van der Waals surface area (Å²) in [7, 11) is 2.14. The topological polar surface area (TPSA) is 55.3 Å². The Labute approximate surface area is 117 Å². The lowest BCUT2D eigenvalue weighted by molar-refractivity contribution is 0.213. The Balaban J connectivity index is 1.66. The number of hydrogen-bond acceptors (Lipinski definition) is 5. The fourth-order valence-corrected chi connectivity index (χ4v) is 3.26. The lowest BCUT2D eigenvalue weighted by atomic mass is 10.1. The van der Waals surface area contributed by atoms with Crippen molar-refractivity contribution in [3.05, 3.63) is 29.5 Å². The number of rotatable bonds is 6. The zero-order chi connectivity index (χ0) is 13.2. The van der Waals surface area contributed by atoms with Gasteiger partial charge < -0.3 is 10.2 Å². The summed E-state index contributed by atoms with van der Waals surface area (Å²) in [5, 5.41) is 3.05. The first-order valence-corrected chi connectivity index (χ1v) is 7.54. The molecule has 0 amide bonds. The molecule has 2 heterocycles. The molecule has 4 nitrogen and oxygen atoms in total. The predicted octanol–water partition coefficient (Wildman–Crippen LogP) is 2.57. The first-order chi connectivity index (χ1) is 9.28. The molecule has 0 aromatic carbocycles. The van der Waals surface area contributed by atoms with Crippen molar-refractivity contribution in [3.63, 3.8) is 0 Å². The number of likely N-dealkylation sites (N-methyl/N-ethyl adjacent to an activating group) is 1. The van der Waals surface area contributed by atoms with Gasteiger partial charge in [0.2, 0.25) is 0 Å². The number of aromatic nitrogens is 1. The highest BCUT2D eigenvalue weighted by molar-refractivity contribution is 7.13. The quantitative estimate of drug-likeness (QED) is 0.881. The minimum Gasteiger partial charge on any atom is -0.462 e. The minimum atomic E-state index is 0.494. The molecule has 1 saturated carbocycles. The van der Waals surface area contributed by atoms with Gasteiger partial charge in [-0.1, -0.05) is 0 Å². The van der Waals surface area contributed by atoms with E-state index in [0.29, 0.717) is 6.04 Å². The second-order valence-electron chi connectivity index (χ2n) is 5.18. The SMILES string of the molecule is CN(Cc1csc(-c2ccco2)n1)C(CN)C1CC1. The van der Waals surface area contributed by atoms with Crippen molar-refractivity contribution in [1.82, 2.24) is 9.88 Å². The third-order valence-electron chi connectivity index (χ3n) is 3.67. The second kappa shape index (κ2) is 5.45. The first kappa shape index (κ1) is 12.8. The number of furan rings is 1. The van der Waals surface area contributed by atoms with Gasteiger partial charge in [-0.25, -0.2) is 4.98 Å². The Morgan fingerprint density at radius 1 is 1.58 bits per heavy atom. The summed E-state index contributed by atoms with van der Waals surface area (Å²) in [6.07, 6.45) is 4.32. The van der Waals surface area contributed by atoms with E-state index in [0.717, 1.165) is 35.5 Å². The number of hydrogen-bond donors (Lipinski definition) is 1. The Kier molecular flexibility index (Phi) is 3.68. The average molecular weight is 277 g/mol. The van der Waals surface area contributed by atoms with Crippen LogP contribution in [0.25, 0.3) is 10.8 Å². The summed E-state index contributed by atoms with van der Waals surface area (Å²) in [6, 6.07) is 4.33. The third-order valence-corrected chi connectivity index (χ3v) is 4.57. The van der Waals surface area contributed by atoms with E-state index in [1.54, 1.807) is 17.6 Å². The molecular weight excluding hydrogens is 258 g/mol. The monoisotopic (exact) mass is 277 g/mol. The van der Waals surface area contributed by atoms with Gasteiger partial charge in [-0.15, -0.1) is 11.3 Å². The van der Waals surface area contributed by atoms with Crippen molar-refractivity contribution in [2.75, 3.05) is 13.6 Å². The molecule has 0 saturated heterocycles. The average Bonchev–Trinajstić information content (AvgIpc) is 2.93. The van der Waals surface area contributed by atoms with Crippen molar-refractivity contribution < 1.29 is 4.42 Å². The molecule has 1 fully saturated rings. The molecule has 2 N–H and O–H groups in total. The molecule has 5 heteroatoms. The zero-order valence-corrected chi connectivity index (χ0v) is 11.9. The molecule has 0 bridgehead atoms. The van der Waals surface area contributed by atoms with E-state index in [2.05, 4.69) is 22.3 Å². The molecule has 19 heavy (non-hydrogen) atoms. The van der Waals surface area contributed by atoms with Gasteiger partial charge in [-0.05, 0) is 37.9 Å². The summed E-state index contributed by atoms with van der Waals surface area (Å²) >= 11 is 1.63. The van der Waals surface area contributed by atoms with E-state index < -0.39 is 0 Å². The van der Waals surface area contributed by atoms with Crippen LogP contribution in [0, 0.1) is 5.92 Å². The fraction of sp³-hybridized carbons (Fsp3) is 0.500. The van der Waals surface area contributed by atoms with Crippen LogP contribution in [0.2, 0.25) is 0 Å². The minimum absolute atomic E-state index is 0.494. The van der Waals surface area contributed by atoms with E-state index in [1.807, 2.05) is 12.1 Å². The van der Waals surface area contributed by atoms with Crippen molar-refractivity contribution in [2.24, 2.45) is 11.7 Å². The maximum Gasteiger partial charge on any atom is 0.162 e. The standard InChI is InChI=1S/C14H19N3OS/c1-17(12(7-15)10-4-5-10)8-11-9-19-14(16-11)13-3-2-6-18-13/h2-3,6,9-10,12H,4-5,7-8,15H2,1H3. The summed E-state index contributed by atoms with van der Waals surface area (Å²) in [4.78, 5) is 6.96. The number of nitrogens with two attached hydrogens (primary N) is 1. The van der Waals surface area contributed by atoms with Gasteiger partial charge in [-0.2, -0.15) is 0 Å². The molecule has 3 rings (SSSR count). The highest BCUT2D eigenvalue weighted by Crippen LogP contribution is 2.35. The van der Waals surface area contributed by atoms with E-state index in [9.17, 15) is 0 Å². The van der Waals surface area contributed by atoms with Crippen LogP contribution in [0.5, 0.6) is 0 Å². The Bertz CT molecular complexity index is 519. The molecule has 1 aliphatic rings. The molecule has 0 spiro atoms. The fourth-order valence-electron chi connectivity index (χ4n) is 2.48.